The highest BCUT2D eigenvalue weighted by molar-refractivity contribution is 5.37. The summed E-state index contributed by atoms with van der Waals surface area (Å²) in [6.07, 6.45) is 0.383. The van der Waals surface area contributed by atoms with Crippen LogP contribution in [0.25, 0.3) is 0 Å². The lowest BCUT2D eigenvalue weighted by atomic mass is 10.1. The largest absolute Gasteiger partial charge is 0.487 e. The predicted octanol–water partition coefficient (Wildman–Crippen LogP) is 1.37. The van der Waals surface area contributed by atoms with Gasteiger partial charge in [0.15, 0.2) is 0 Å². The average Bonchev–Trinajstić information content (AvgIpc) is 2.46. The zero-order valence-electron chi connectivity index (χ0n) is 7.03. The number of rotatable bonds is 1. The monoisotopic (exact) mass is 164 g/mol. The van der Waals surface area contributed by atoms with E-state index >= 15 is 0 Å². The van der Waals surface area contributed by atoms with E-state index in [2.05, 4.69) is 0 Å². The third kappa shape index (κ3) is 1.18. The van der Waals surface area contributed by atoms with Crippen LogP contribution < -0.4 is 4.74 Å². The molecule has 2 nitrogen and oxygen atoms in total. The van der Waals surface area contributed by atoms with Crippen LogP contribution in [0.1, 0.15) is 12.5 Å². The van der Waals surface area contributed by atoms with Crippen LogP contribution in [0.3, 0.4) is 0 Å². The number of benzene rings is 1. The standard InChI is InChI=1S/C10H12O2/c1-7(11)10-6-8-4-2-3-5-9(8)12-10/h2-5,7,10-11H,6H2,1H3/t7-,10+/m1/s1. The number of aliphatic hydroxyl groups excluding tert-OH is 1. The fourth-order valence-electron chi connectivity index (χ4n) is 1.48. The second-order valence-electron chi connectivity index (χ2n) is 3.21. The Morgan fingerprint density at radius 2 is 2.25 bits per heavy atom. The number of para-hydroxylation sites is 1. The van der Waals surface area contributed by atoms with E-state index in [0.29, 0.717) is 0 Å². The summed E-state index contributed by atoms with van der Waals surface area (Å²) in [4.78, 5) is 0. The molecular weight excluding hydrogens is 152 g/mol. The lowest BCUT2D eigenvalue weighted by Crippen LogP contribution is -2.26. The second kappa shape index (κ2) is 2.79. The van der Waals surface area contributed by atoms with Gasteiger partial charge in [0.25, 0.3) is 0 Å². The summed E-state index contributed by atoms with van der Waals surface area (Å²) in [5.74, 6) is 0.920. The second-order valence-corrected chi connectivity index (χ2v) is 3.21. The Bertz CT molecular complexity index is 256. The molecule has 12 heavy (non-hydrogen) atoms. The Labute approximate surface area is 71.8 Å². The molecule has 0 unspecified atom stereocenters. The zero-order chi connectivity index (χ0) is 8.55. The highest BCUT2D eigenvalue weighted by atomic mass is 16.5. The van der Waals surface area contributed by atoms with Crippen LogP contribution >= 0.6 is 0 Å². The highest BCUT2D eigenvalue weighted by Gasteiger charge is 2.25. The first-order valence-corrected chi connectivity index (χ1v) is 4.20. The van der Waals surface area contributed by atoms with Gasteiger partial charge in [-0.2, -0.15) is 0 Å². The van der Waals surface area contributed by atoms with Gasteiger partial charge in [-0.05, 0) is 18.6 Å². The molecule has 1 heterocycles. The molecule has 0 spiro atoms. The lowest BCUT2D eigenvalue weighted by molar-refractivity contribution is 0.0632. The van der Waals surface area contributed by atoms with Gasteiger partial charge in [-0.15, -0.1) is 0 Å². The minimum Gasteiger partial charge on any atom is -0.487 e. The molecule has 1 aliphatic rings. The molecule has 64 valence electrons. The van der Waals surface area contributed by atoms with Gasteiger partial charge < -0.3 is 9.84 Å². The first-order chi connectivity index (χ1) is 5.77. The smallest absolute Gasteiger partial charge is 0.128 e. The molecule has 0 amide bonds. The van der Waals surface area contributed by atoms with Crippen molar-refractivity contribution < 1.29 is 9.84 Å². The Balaban J connectivity index is 2.22. The van der Waals surface area contributed by atoms with Gasteiger partial charge in [0.2, 0.25) is 0 Å². The van der Waals surface area contributed by atoms with Gasteiger partial charge >= 0.3 is 0 Å². The maximum Gasteiger partial charge on any atom is 0.128 e. The molecule has 0 aliphatic carbocycles. The average molecular weight is 164 g/mol. The topological polar surface area (TPSA) is 29.5 Å². The first kappa shape index (κ1) is 7.62. The van der Waals surface area contributed by atoms with Gasteiger partial charge in [0.05, 0.1) is 6.10 Å². The maximum atomic E-state index is 9.30. The fraction of sp³-hybridized carbons (Fsp3) is 0.400. The molecule has 0 bridgehead atoms. The Morgan fingerprint density at radius 1 is 1.50 bits per heavy atom. The van der Waals surface area contributed by atoms with Crippen LogP contribution in [-0.4, -0.2) is 17.3 Å². The number of ether oxygens (including phenoxy) is 1. The number of fused-ring (bicyclic) bond motifs is 1. The maximum absolute atomic E-state index is 9.30. The van der Waals surface area contributed by atoms with Crippen LogP contribution in [0.4, 0.5) is 0 Å². The van der Waals surface area contributed by atoms with Crippen molar-refractivity contribution in [1.29, 1.82) is 0 Å². The third-order valence-corrected chi connectivity index (χ3v) is 2.21. The molecule has 0 saturated heterocycles. The Hall–Kier alpha value is -1.02. The molecule has 1 N–H and O–H groups in total. The van der Waals surface area contributed by atoms with Crippen molar-refractivity contribution in [2.75, 3.05) is 0 Å². The van der Waals surface area contributed by atoms with E-state index in [-0.39, 0.29) is 6.10 Å². The van der Waals surface area contributed by atoms with Crippen LogP contribution in [0.2, 0.25) is 0 Å². The Kier molecular flexibility index (Phi) is 1.77. The summed E-state index contributed by atoms with van der Waals surface area (Å²) < 4.78 is 5.52. The van der Waals surface area contributed by atoms with Crippen LogP contribution in [-0.2, 0) is 6.42 Å². The molecule has 0 radical (unpaired) electrons. The van der Waals surface area contributed by atoms with Gasteiger partial charge in [-0.3, -0.25) is 0 Å². The quantitative estimate of drug-likeness (QED) is 0.679. The van der Waals surface area contributed by atoms with E-state index in [1.54, 1.807) is 6.92 Å². The van der Waals surface area contributed by atoms with Crippen molar-refractivity contribution in [3.05, 3.63) is 29.8 Å². The SMILES string of the molecule is C[C@@H](O)[C@@H]1Cc2ccccc2O1. The molecular formula is C10H12O2. The highest BCUT2D eigenvalue weighted by Crippen LogP contribution is 2.29. The molecule has 0 saturated carbocycles. The van der Waals surface area contributed by atoms with E-state index in [0.717, 1.165) is 12.2 Å². The first-order valence-electron chi connectivity index (χ1n) is 4.20. The van der Waals surface area contributed by atoms with Crippen molar-refractivity contribution in [2.45, 2.75) is 25.6 Å². The van der Waals surface area contributed by atoms with Crippen LogP contribution in [0.5, 0.6) is 5.75 Å². The van der Waals surface area contributed by atoms with E-state index in [4.69, 9.17) is 4.74 Å². The van der Waals surface area contributed by atoms with Crippen molar-refractivity contribution >= 4 is 0 Å². The number of aliphatic hydroxyl groups is 1. The van der Waals surface area contributed by atoms with Crippen LogP contribution in [0.15, 0.2) is 24.3 Å². The summed E-state index contributed by atoms with van der Waals surface area (Å²) >= 11 is 0. The summed E-state index contributed by atoms with van der Waals surface area (Å²) in [6.45, 7) is 1.76. The van der Waals surface area contributed by atoms with Gasteiger partial charge in [-0.25, -0.2) is 0 Å². The number of hydrogen-bond donors (Lipinski definition) is 1. The predicted molar refractivity (Wildman–Crippen MR) is 46.2 cm³/mol. The minimum absolute atomic E-state index is 0.0533. The van der Waals surface area contributed by atoms with E-state index in [1.165, 1.54) is 5.56 Å². The van der Waals surface area contributed by atoms with Gasteiger partial charge in [-0.1, -0.05) is 18.2 Å². The molecule has 1 aromatic carbocycles. The van der Waals surface area contributed by atoms with E-state index < -0.39 is 6.10 Å². The Morgan fingerprint density at radius 3 is 2.92 bits per heavy atom. The molecule has 2 atom stereocenters. The summed E-state index contributed by atoms with van der Waals surface area (Å²) in [6, 6.07) is 7.92. The lowest BCUT2D eigenvalue weighted by Gasteiger charge is -2.12. The summed E-state index contributed by atoms with van der Waals surface area (Å²) in [5.41, 5.74) is 1.20. The van der Waals surface area contributed by atoms with Crippen molar-refractivity contribution in [3.63, 3.8) is 0 Å². The third-order valence-electron chi connectivity index (χ3n) is 2.21. The molecule has 2 heteroatoms. The molecule has 1 aromatic rings. The van der Waals surface area contributed by atoms with E-state index in [9.17, 15) is 5.11 Å². The van der Waals surface area contributed by atoms with Gasteiger partial charge in [0.1, 0.15) is 11.9 Å². The molecule has 0 fully saturated rings. The zero-order valence-corrected chi connectivity index (χ0v) is 7.03. The van der Waals surface area contributed by atoms with E-state index in [1.807, 2.05) is 24.3 Å². The van der Waals surface area contributed by atoms with Crippen molar-refractivity contribution in [3.8, 4) is 5.75 Å². The number of hydrogen-bond acceptors (Lipinski definition) is 2. The van der Waals surface area contributed by atoms with Crippen molar-refractivity contribution in [2.24, 2.45) is 0 Å². The van der Waals surface area contributed by atoms with Gasteiger partial charge in [0, 0.05) is 6.42 Å². The van der Waals surface area contributed by atoms with Crippen molar-refractivity contribution in [1.82, 2.24) is 0 Å². The molecule has 0 aromatic heterocycles. The molecule has 1 aliphatic heterocycles. The molecule has 2 rings (SSSR count). The minimum atomic E-state index is -0.391. The van der Waals surface area contributed by atoms with Crippen LogP contribution in [0, 0.1) is 0 Å². The normalized spacial score (nSPS) is 23.0. The fourth-order valence-corrected chi connectivity index (χ4v) is 1.48. The summed E-state index contributed by atoms with van der Waals surface area (Å²) in [7, 11) is 0. The summed E-state index contributed by atoms with van der Waals surface area (Å²) in [5, 5.41) is 9.30.